The normalized spacial score (nSPS) is 15.8. The van der Waals surface area contributed by atoms with Crippen molar-refractivity contribution in [1.29, 1.82) is 0 Å². The first kappa shape index (κ1) is 19.0. The molecule has 0 aromatic rings. The van der Waals surface area contributed by atoms with Crippen molar-refractivity contribution in [2.75, 3.05) is 4.43 Å². The highest BCUT2D eigenvalue weighted by Crippen LogP contribution is 2.57. The molecule has 19 heavy (non-hydrogen) atoms. The molecule has 0 aliphatic heterocycles. The molecule has 0 N–H and O–H groups in total. The minimum atomic E-state index is -6.91. The van der Waals surface area contributed by atoms with Crippen LogP contribution in [-0.4, -0.2) is 34.0 Å². The second-order valence-electron chi connectivity index (χ2n) is 3.75. The Kier molecular flexibility index (Phi) is 5.11. The summed E-state index contributed by atoms with van der Waals surface area (Å²) < 4.78 is 126. The standard InChI is InChI=1S/C8H7F10I/c1-4(9,10)6(13,14)8(17,18)7(15,16)5(11,12)2-3-19/h2-3H2,1H3. The molecule has 0 aliphatic carbocycles. The molecule has 11 heteroatoms. The first-order chi connectivity index (χ1) is 8.06. The number of halogens is 11. The van der Waals surface area contributed by atoms with Gasteiger partial charge in [0.25, 0.3) is 0 Å². The summed E-state index contributed by atoms with van der Waals surface area (Å²) in [7, 11) is 0. The van der Waals surface area contributed by atoms with Gasteiger partial charge >= 0.3 is 29.6 Å². The molecule has 0 heterocycles. The molecular formula is C8H7F10I. The molecule has 0 nitrogen and oxygen atoms in total. The Morgan fingerprint density at radius 3 is 1.32 bits per heavy atom. The zero-order chi connectivity index (χ0) is 15.9. The molecule has 0 saturated carbocycles. The van der Waals surface area contributed by atoms with Gasteiger partial charge in [-0.25, -0.2) is 0 Å². The van der Waals surface area contributed by atoms with E-state index in [0.29, 0.717) is 0 Å². The summed E-state index contributed by atoms with van der Waals surface area (Å²) >= 11 is 1.12. The van der Waals surface area contributed by atoms with Crippen molar-refractivity contribution in [1.82, 2.24) is 0 Å². The molecule has 0 fully saturated rings. The maximum atomic E-state index is 12.9. The lowest BCUT2D eigenvalue weighted by Crippen LogP contribution is -2.66. The summed E-state index contributed by atoms with van der Waals surface area (Å²) in [4.78, 5) is 0. The fourth-order valence-corrected chi connectivity index (χ4v) is 1.66. The van der Waals surface area contributed by atoms with E-state index in [1.807, 2.05) is 0 Å². The topological polar surface area (TPSA) is 0 Å². The van der Waals surface area contributed by atoms with Crippen LogP contribution in [-0.2, 0) is 0 Å². The summed E-state index contributed by atoms with van der Waals surface area (Å²) in [5.74, 6) is -31.3. The van der Waals surface area contributed by atoms with Crippen LogP contribution in [0, 0.1) is 0 Å². The molecule has 0 aromatic carbocycles. The predicted octanol–water partition coefficient (Wildman–Crippen LogP) is 5.01. The van der Waals surface area contributed by atoms with Gasteiger partial charge in [0, 0.05) is 17.8 Å². The van der Waals surface area contributed by atoms with Crippen LogP contribution in [0.4, 0.5) is 43.9 Å². The van der Waals surface area contributed by atoms with E-state index in [1.54, 1.807) is 0 Å². The Hall–Kier alpha value is 0.0300. The average molecular weight is 420 g/mol. The summed E-state index contributed by atoms with van der Waals surface area (Å²) in [6, 6.07) is 0. The van der Waals surface area contributed by atoms with Crippen LogP contribution >= 0.6 is 22.6 Å². The van der Waals surface area contributed by atoms with E-state index >= 15 is 0 Å². The maximum Gasteiger partial charge on any atom is 0.384 e. The van der Waals surface area contributed by atoms with E-state index in [-0.39, 0.29) is 0 Å². The van der Waals surface area contributed by atoms with Crippen molar-refractivity contribution in [3.63, 3.8) is 0 Å². The first-order valence-corrected chi connectivity index (χ1v) is 6.04. The second-order valence-corrected chi connectivity index (χ2v) is 4.83. The second kappa shape index (κ2) is 5.10. The lowest BCUT2D eigenvalue weighted by Gasteiger charge is -2.38. The van der Waals surface area contributed by atoms with Gasteiger partial charge in [-0.1, -0.05) is 22.6 Å². The summed E-state index contributed by atoms with van der Waals surface area (Å²) in [5.41, 5.74) is 0. The van der Waals surface area contributed by atoms with Gasteiger partial charge in [-0.2, -0.15) is 43.9 Å². The molecule has 0 radical (unpaired) electrons. The molecule has 0 aromatic heterocycles. The van der Waals surface area contributed by atoms with Crippen molar-refractivity contribution in [2.45, 2.75) is 43.0 Å². The lowest BCUT2D eigenvalue weighted by molar-refractivity contribution is -0.398. The third-order valence-electron chi connectivity index (χ3n) is 2.21. The van der Waals surface area contributed by atoms with Gasteiger partial charge in [-0.15, -0.1) is 0 Å². The van der Waals surface area contributed by atoms with Gasteiger partial charge in [0.15, 0.2) is 0 Å². The fraction of sp³-hybridized carbons (Fsp3) is 1.00. The highest BCUT2D eigenvalue weighted by Gasteiger charge is 2.84. The Morgan fingerprint density at radius 2 is 1.05 bits per heavy atom. The molecule has 0 aliphatic rings. The highest BCUT2D eigenvalue weighted by molar-refractivity contribution is 14.1. The SMILES string of the molecule is CC(F)(F)C(F)(F)C(F)(F)C(F)(F)C(F)(F)CCI. The Labute approximate surface area is 114 Å². The molecule has 0 saturated heterocycles. The zero-order valence-corrected chi connectivity index (χ0v) is 11.2. The number of hydrogen-bond acceptors (Lipinski definition) is 0. The van der Waals surface area contributed by atoms with Crippen LogP contribution in [0.15, 0.2) is 0 Å². The maximum absolute atomic E-state index is 12.9. The monoisotopic (exact) mass is 420 g/mol. The molecule has 0 spiro atoms. The van der Waals surface area contributed by atoms with Gasteiger partial charge in [-0.05, 0) is 0 Å². The summed E-state index contributed by atoms with van der Waals surface area (Å²) in [5, 5.41) is 0. The molecule has 0 amide bonds. The lowest BCUT2D eigenvalue weighted by atomic mass is 9.94. The third kappa shape index (κ3) is 2.89. The summed E-state index contributed by atoms with van der Waals surface area (Å²) in [6.07, 6.45) is -1.86. The van der Waals surface area contributed by atoms with Gasteiger partial charge in [-0.3, -0.25) is 0 Å². The Balaban J connectivity index is 5.77. The van der Waals surface area contributed by atoms with Crippen molar-refractivity contribution in [2.24, 2.45) is 0 Å². The largest absolute Gasteiger partial charge is 0.384 e. The van der Waals surface area contributed by atoms with Gasteiger partial charge in [0.1, 0.15) is 0 Å². The van der Waals surface area contributed by atoms with Crippen LogP contribution in [0.3, 0.4) is 0 Å². The van der Waals surface area contributed by atoms with E-state index < -0.39 is 47.4 Å². The average Bonchev–Trinajstić information content (AvgIpc) is 2.14. The molecular weight excluding hydrogens is 413 g/mol. The van der Waals surface area contributed by atoms with Crippen LogP contribution in [0.5, 0.6) is 0 Å². The van der Waals surface area contributed by atoms with E-state index in [2.05, 4.69) is 0 Å². The molecule has 0 rings (SSSR count). The zero-order valence-electron chi connectivity index (χ0n) is 9.07. The Morgan fingerprint density at radius 1 is 0.684 bits per heavy atom. The quantitative estimate of drug-likeness (QED) is 0.322. The van der Waals surface area contributed by atoms with Crippen LogP contribution in [0.2, 0.25) is 0 Å². The minimum absolute atomic E-state index is 0.756. The molecule has 0 bridgehead atoms. The van der Waals surface area contributed by atoms with Crippen LogP contribution in [0.1, 0.15) is 13.3 Å². The molecule has 0 atom stereocenters. The fourth-order valence-electron chi connectivity index (χ4n) is 0.978. The van der Waals surface area contributed by atoms with Crippen molar-refractivity contribution >= 4 is 22.6 Å². The van der Waals surface area contributed by atoms with Gasteiger partial charge < -0.3 is 0 Å². The van der Waals surface area contributed by atoms with Crippen LogP contribution in [0.25, 0.3) is 0 Å². The molecule has 116 valence electrons. The highest BCUT2D eigenvalue weighted by atomic mass is 127. The summed E-state index contributed by atoms with van der Waals surface area (Å²) in [6.45, 7) is -0.756. The van der Waals surface area contributed by atoms with Gasteiger partial charge in [0.05, 0.1) is 0 Å². The van der Waals surface area contributed by atoms with Crippen molar-refractivity contribution in [3.05, 3.63) is 0 Å². The van der Waals surface area contributed by atoms with Gasteiger partial charge in [0.2, 0.25) is 0 Å². The van der Waals surface area contributed by atoms with Crippen molar-refractivity contribution in [3.8, 4) is 0 Å². The first-order valence-electron chi connectivity index (χ1n) is 4.51. The predicted molar refractivity (Wildman–Crippen MR) is 53.9 cm³/mol. The molecule has 0 unspecified atom stereocenters. The van der Waals surface area contributed by atoms with Crippen LogP contribution < -0.4 is 0 Å². The minimum Gasteiger partial charge on any atom is -0.200 e. The Bertz CT molecular complexity index is 318. The third-order valence-corrected chi connectivity index (χ3v) is 2.75. The van der Waals surface area contributed by atoms with E-state index in [4.69, 9.17) is 0 Å². The van der Waals surface area contributed by atoms with Crippen molar-refractivity contribution < 1.29 is 43.9 Å². The number of rotatable bonds is 6. The van der Waals surface area contributed by atoms with E-state index in [1.165, 1.54) is 0 Å². The van der Waals surface area contributed by atoms with E-state index in [9.17, 15) is 43.9 Å². The smallest absolute Gasteiger partial charge is 0.200 e. The number of hydrogen-bond donors (Lipinski definition) is 0. The number of alkyl halides is 11. The van der Waals surface area contributed by atoms with E-state index in [0.717, 1.165) is 22.6 Å².